The van der Waals surface area contributed by atoms with Gasteiger partial charge in [0.05, 0.1) is 0 Å². The number of fused-ring (bicyclic) bond motifs is 1. The molecule has 1 N–H and O–H groups in total. The Morgan fingerprint density at radius 2 is 2.11 bits per heavy atom. The van der Waals surface area contributed by atoms with Crippen LogP contribution in [0.15, 0.2) is 18.2 Å². The van der Waals surface area contributed by atoms with E-state index in [0.29, 0.717) is 5.92 Å². The number of halogens is 1. The lowest BCUT2D eigenvalue weighted by atomic mass is 9.80. The topological polar surface area (TPSA) is 29.5 Å². The molecule has 1 heterocycles. The van der Waals surface area contributed by atoms with Crippen molar-refractivity contribution in [1.82, 2.24) is 0 Å². The molecule has 98 valence electrons. The normalized spacial score (nSPS) is 24.9. The van der Waals surface area contributed by atoms with Crippen molar-refractivity contribution < 1.29 is 9.84 Å². The maximum Gasteiger partial charge on any atom is 0.123 e. The molecule has 1 saturated carbocycles. The predicted octanol–water partition coefficient (Wildman–Crippen LogP) is 3.90. The minimum Gasteiger partial charge on any atom is -0.487 e. The molecule has 1 aromatic rings. The smallest absolute Gasteiger partial charge is 0.123 e. The van der Waals surface area contributed by atoms with Crippen LogP contribution in [0.25, 0.3) is 0 Å². The van der Waals surface area contributed by atoms with E-state index >= 15 is 0 Å². The number of aliphatic hydroxyl groups excluding tert-OH is 1. The fourth-order valence-corrected chi connectivity index (χ4v) is 3.68. The quantitative estimate of drug-likeness (QED) is 0.880. The van der Waals surface area contributed by atoms with Gasteiger partial charge >= 0.3 is 0 Å². The predicted molar refractivity (Wildman–Crippen MR) is 72.3 cm³/mol. The molecule has 1 spiro atoms. The molecule has 1 unspecified atom stereocenters. The molecular formula is C15H19ClO2. The summed E-state index contributed by atoms with van der Waals surface area (Å²) in [4.78, 5) is 0. The molecule has 1 aliphatic heterocycles. The van der Waals surface area contributed by atoms with E-state index < -0.39 is 0 Å². The lowest BCUT2D eigenvalue weighted by molar-refractivity contribution is 0.0381. The summed E-state index contributed by atoms with van der Waals surface area (Å²) in [5.41, 5.74) is 1.20. The molecule has 3 rings (SSSR count). The SMILES string of the molecule is OCCC1CC2(CCCC2)Oc2ccc(Cl)cc21. The highest BCUT2D eigenvalue weighted by Gasteiger charge is 2.42. The van der Waals surface area contributed by atoms with Crippen molar-refractivity contribution in [2.45, 2.75) is 50.0 Å². The van der Waals surface area contributed by atoms with Gasteiger partial charge in [-0.2, -0.15) is 0 Å². The maximum atomic E-state index is 9.27. The van der Waals surface area contributed by atoms with E-state index in [1.165, 1.54) is 18.4 Å². The molecule has 0 aromatic heterocycles. The van der Waals surface area contributed by atoms with Crippen molar-refractivity contribution in [2.75, 3.05) is 6.61 Å². The summed E-state index contributed by atoms with van der Waals surface area (Å²) >= 11 is 6.08. The van der Waals surface area contributed by atoms with E-state index in [-0.39, 0.29) is 12.2 Å². The van der Waals surface area contributed by atoms with Crippen LogP contribution >= 0.6 is 11.6 Å². The van der Waals surface area contributed by atoms with Crippen LogP contribution < -0.4 is 4.74 Å². The van der Waals surface area contributed by atoms with Gasteiger partial charge in [0.1, 0.15) is 11.4 Å². The van der Waals surface area contributed by atoms with Crippen LogP contribution in [0.3, 0.4) is 0 Å². The molecule has 0 radical (unpaired) electrons. The molecule has 2 aliphatic rings. The molecule has 3 heteroatoms. The monoisotopic (exact) mass is 266 g/mol. The second-order valence-corrected chi connectivity index (χ2v) is 6.02. The average molecular weight is 267 g/mol. The summed E-state index contributed by atoms with van der Waals surface area (Å²) in [6.45, 7) is 0.229. The van der Waals surface area contributed by atoms with E-state index in [1.807, 2.05) is 18.2 Å². The number of hydrogen-bond donors (Lipinski definition) is 1. The van der Waals surface area contributed by atoms with Gasteiger partial charge in [-0.3, -0.25) is 0 Å². The molecular weight excluding hydrogens is 248 g/mol. The molecule has 2 nitrogen and oxygen atoms in total. The molecule has 0 bridgehead atoms. The number of ether oxygens (including phenoxy) is 1. The van der Waals surface area contributed by atoms with Gasteiger partial charge < -0.3 is 9.84 Å². The minimum absolute atomic E-state index is 0.0284. The Morgan fingerprint density at radius 3 is 2.83 bits per heavy atom. The summed E-state index contributed by atoms with van der Waals surface area (Å²) in [6.07, 6.45) is 6.65. The average Bonchev–Trinajstić information content (AvgIpc) is 2.79. The van der Waals surface area contributed by atoms with Crippen molar-refractivity contribution in [3.05, 3.63) is 28.8 Å². The second-order valence-electron chi connectivity index (χ2n) is 5.59. The van der Waals surface area contributed by atoms with Crippen LogP contribution in [0, 0.1) is 0 Å². The third kappa shape index (κ3) is 2.12. The van der Waals surface area contributed by atoms with E-state index in [4.69, 9.17) is 16.3 Å². The van der Waals surface area contributed by atoms with Gasteiger partial charge in [0.2, 0.25) is 0 Å². The second kappa shape index (κ2) is 4.75. The fraction of sp³-hybridized carbons (Fsp3) is 0.600. The summed E-state index contributed by atoms with van der Waals surface area (Å²) < 4.78 is 6.27. The van der Waals surface area contributed by atoms with Crippen LogP contribution in [0.4, 0.5) is 0 Å². The lowest BCUT2D eigenvalue weighted by Crippen LogP contribution is -2.38. The Morgan fingerprint density at radius 1 is 1.33 bits per heavy atom. The highest BCUT2D eigenvalue weighted by atomic mass is 35.5. The Kier molecular flexibility index (Phi) is 3.25. The zero-order valence-corrected chi connectivity index (χ0v) is 11.2. The van der Waals surface area contributed by atoms with Crippen molar-refractivity contribution in [3.8, 4) is 5.75 Å². The fourth-order valence-electron chi connectivity index (χ4n) is 3.50. The molecule has 1 fully saturated rings. The molecule has 0 amide bonds. The van der Waals surface area contributed by atoms with Gasteiger partial charge in [-0.1, -0.05) is 11.6 Å². The van der Waals surface area contributed by atoms with Gasteiger partial charge in [-0.05, 0) is 68.2 Å². The first-order valence-electron chi connectivity index (χ1n) is 6.82. The molecule has 0 saturated heterocycles. The van der Waals surface area contributed by atoms with E-state index in [1.54, 1.807) is 0 Å². The summed E-state index contributed by atoms with van der Waals surface area (Å²) in [7, 11) is 0. The third-order valence-electron chi connectivity index (χ3n) is 4.35. The largest absolute Gasteiger partial charge is 0.487 e. The highest BCUT2D eigenvalue weighted by molar-refractivity contribution is 6.30. The lowest BCUT2D eigenvalue weighted by Gasteiger charge is -2.40. The maximum absolute atomic E-state index is 9.27. The van der Waals surface area contributed by atoms with Crippen LogP contribution in [0.2, 0.25) is 5.02 Å². The summed E-state index contributed by atoms with van der Waals surface area (Å²) in [5.74, 6) is 1.36. The van der Waals surface area contributed by atoms with Crippen LogP contribution in [-0.2, 0) is 0 Å². The van der Waals surface area contributed by atoms with Crippen molar-refractivity contribution >= 4 is 11.6 Å². The van der Waals surface area contributed by atoms with E-state index in [0.717, 1.165) is 36.5 Å². The van der Waals surface area contributed by atoms with Gasteiger partial charge in [0.25, 0.3) is 0 Å². The zero-order valence-electron chi connectivity index (χ0n) is 10.5. The Balaban J connectivity index is 1.97. The van der Waals surface area contributed by atoms with Gasteiger partial charge in [-0.15, -0.1) is 0 Å². The first-order chi connectivity index (χ1) is 8.72. The van der Waals surface area contributed by atoms with Crippen molar-refractivity contribution in [2.24, 2.45) is 0 Å². The summed E-state index contributed by atoms with van der Waals surface area (Å²) in [6, 6.07) is 5.88. The van der Waals surface area contributed by atoms with Crippen LogP contribution in [0.1, 0.15) is 50.0 Å². The van der Waals surface area contributed by atoms with Gasteiger partial charge in [0, 0.05) is 11.6 Å². The highest BCUT2D eigenvalue weighted by Crippen LogP contribution is 2.49. The van der Waals surface area contributed by atoms with Crippen LogP contribution in [-0.4, -0.2) is 17.3 Å². The Bertz CT molecular complexity index is 438. The Labute approximate surface area is 113 Å². The molecule has 1 aliphatic carbocycles. The van der Waals surface area contributed by atoms with E-state index in [9.17, 15) is 5.11 Å². The zero-order chi connectivity index (χ0) is 12.6. The number of hydrogen-bond acceptors (Lipinski definition) is 2. The number of benzene rings is 1. The molecule has 1 atom stereocenters. The van der Waals surface area contributed by atoms with Gasteiger partial charge in [-0.25, -0.2) is 0 Å². The van der Waals surface area contributed by atoms with Gasteiger partial charge in [0.15, 0.2) is 0 Å². The molecule has 1 aromatic carbocycles. The molecule has 18 heavy (non-hydrogen) atoms. The minimum atomic E-state index is 0.0284. The van der Waals surface area contributed by atoms with E-state index in [2.05, 4.69) is 0 Å². The van der Waals surface area contributed by atoms with Crippen molar-refractivity contribution in [3.63, 3.8) is 0 Å². The Hall–Kier alpha value is -0.730. The third-order valence-corrected chi connectivity index (χ3v) is 4.58. The first-order valence-corrected chi connectivity index (χ1v) is 7.20. The number of aliphatic hydroxyl groups is 1. The number of rotatable bonds is 2. The van der Waals surface area contributed by atoms with Crippen molar-refractivity contribution in [1.29, 1.82) is 0 Å². The standard InChI is InChI=1S/C15H19ClO2/c16-12-3-4-14-13(9-12)11(5-8-17)10-15(18-14)6-1-2-7-15/h3-4,9,11,17H,1-2,5-8,10H2. The summed E-state index contributed by atoms with van der Waals surface area (Å²) in [5, 5.41) is 10.0. The van der Waals surface area contributed by atoms with Crippen LogP contribution in [0.5, 0.6) is 5.75 Å². The first kappa shape index (κ1) is 12.3.